The summed E-state index contributed by atoms with van der Waals surface area (Å²) in [4.78, 5) is 4.71. The third kappa shape index (κ3) is 5.66. The van der Waals surface area contributed by atoms with E-state index in [0.29, 0.717) is 5.95 Å². The van der Waals surface area contributed by atoms with Crippen molar-refractivity contribution in [2.45, 2.75) is 58.9 Å². The van der Waals surface area contributed by atoms with E-state index < -0.39 is 0 Å². The van der Waals surface area contributed by atoms with Crippen molar-refractivity contribution in [3.63, 3.8) is 0 Å². The van der Waals surface area contributed by atoms with Crippen LogP contribution in [-0.4, -0.2) is 32.6 Å². The molecule has 2 heterocycles. The maximum Gasteiger partial charge on any atom is 0.265 e. The summed E-state index contributed by atoms with van der Waals surface area (Å²) in [6, 6.07) is 16.2. The number of hydrogen-bond acceptors (Lipinski definition) is 6. The lowest BCUT2D eigenvalue weighted by molar-refractivity contribution is 0.305. The molecule has 1 N–H and O–H groups in total. The lowest BCUT2D eigenvalue weighted by Gasteiger charge is -2.06. The third-order valence-electron chi connectivity index (χ3n) is 5.63. The van der Waals surface area contributed by atoms with Gasteiger partial charge in [-0.05, 0) is 48.7 Å². The minimum atomic E-state index is 0.381. The standard InChI is InChI=1S/C26H32N6O/c1-3-5-7-10-18-33-21-15-13-20(14-16-21)19-27-30-26-28-25-24(29-31-26)22-11-8-9-12-23(22)32(25)17-6-4-2/h8-9,11-16,19H,3-7,10,17-18H2,1-2H3,(H,28,30,31)/b27-19+. The molecule has 4 aromatic rings. The zero-order valence-corrected chi connectivity index (χ0v) is 19.5. The summed E-state index contributed by atoms with van der Waals surface area (Å²) in [7, 11) is 0. The zero-order chi connectivity index (χ0) is 22.9. The number of unbranched alkanes of at least 4 members (excludes halogenated alkanes) is 4. The van der Waals surface area contributed by atoms with Gasteiger partial charge in [-0.25, -0.2) is 5.43 Å². The Morgan fingerprint density at radius 2 is 1.76 bits per heavy atom. The smallest absolute Gasteiger partial charge is 0.265 e. The maximum absolute atomic E-state index is 5.80. The van der Waals surface area contributed by atoms with E-state index in [1.54, 1.807) is 6.21 Å². The SMILES string of the molecule is CCCCCCOc1ccc(/C=N/Nc2nnc3c4ccccc4n(CCCC)c3n2)cc1. The topological polar surface area (TPSA) is 77.2 Å². The molecule has 0 saturated heterocycles. The first-order valence-corrected chi connectivity index (χ1v) is 11.9. The number of fused-ring (bicyclic) bond motifs is 3. The summed E-state index contributed by atoms with van der Waals surface area (Å²) in [5.41, 5.74) is 6.67. The van der Waals surface area contributed by atoms with Gasteiger partial charge in [0.25, 0.3) is 5.95 Å². The molecule has 0 bridgehead atoms. The van der Waals surface area contributed by atoms with Crippen LogP contribution < -0.4 is 10.2 Å². The van der Waals surface area contributed by atoms with Gasteiger partial charge in [0.1, 0.15) is 11.3 Å². The predicted molar refractivity (Wildman–Crippen MR) is 135 cm³/mol. The average Bonchev–Trinajstić information content (AvgIpc) is 3.16. The molecule has 2 aromatic carbocycles. The highest BCUT2D eigenvalue weighted by Gasteiger charge is 2.14. The average molecular weight is 445 g/mol. The molecule has 7 heteroatoms. The molecule has 0 fully saturated rings. The van der Waals surface area contributed by atoms with Crippen LogP contribution in [0.25, 0.3) is 22.1 Å². The molecule has 172 valence electrons. The van der Waals surface area contributed by atoms with Gasteiger partial charge >= 0.3 is 0 Å². The Kier molecular flexibility index (Phi) is 7.85. The second-order valence-corrected chi connectivity index (χ2v) is 8.18. The van der Waals surface area contributed by atoms with Crippen molar-refractivity contribution in [1.29, 1.82) is 0 Å². The zero-order valence-electron chi connectivity index (χ0n) is 19.5. The van der Waals surface area contributed by atoms with Crippen molar-refractivity contribution >= 4 is 34.2 Å². The number of anilines is 1. The van der Waals surface area contributed by atoms with Gasteiger partial charge in [-0.1, -0.05) is 57.7 Å². The first-order valence-electron chi connectivity index (χ1n) is 11.9. The molecule has 7 nitrogen and oxygen atoms in total. The highest BCUT2D eigenvalue weighted by molar-refractivity contribution is 6.04. The summed E-state index contributed by atoms with van der Waals surface area (Å²) in [5, 5.41) is 14.0. The summed E-state index contributed by atoms with van der Waals surface area (Å²) < 4.78 is 8.02. The quantitative estimate of drug-likeness (QED) is 0.160. The second-order valence-electron chi connectivity index (χ2n) is 8.18. The van der Waals surface area contributed by atoms with Crippen LogP contribution in [-0.2, 0) is 6.54 Å². The molecular formula is C26H32N6O. The van der Waals surface area contributed by atoms with Crippen LogP contribution in [0.4, 0.5) is 5.95 Å². The van der Waals surface area contributed by atoms with Gasteiger partial charge in [-0.3, -0.25) is 0 Å². The Balaban J connectivity index is 1.42. The van der Waals surface area contributed by atoms with Gasteiger partial charge in [0.05, 0.1) is 18.3 Å². The number of hydrazone groups is 1. The van der Waals surface area contributed by atoms with Crippen LogP contribution in [0.2, 0.25) is 0 Å². The van der Waals surface area contributed by atoms with Crippen LogP contribution in [0, 0.1) is 0 Å². The van der Waals surface area contributed by atoms with Crippen molar-refractivity contribution in [2.75, 3.05) is 12.0 Å². The Hall–Kier alpha value is -3.48. The number of aryl methyl sites for hydroxylation is 1. The lowest BCUT2D eigenvalue weighted by atomic mass is 10.2. The summed E-state index contributed by atoms with van der Waals surface area (Å²) in [5.74, 6) is 1.26. The van der Waals surface area contributed by atoms with Gasteiger partial charge in [-0.15, -0.1) is 10.2 Å². The van der Waals surface area contributed by atoms with E-state index in [1.807, 2.05) is 36.4 Å². The molecular weight excluding hydrogens is 412 g/mol. The van der Waals surface area contributed by atoms with Gasteiger partial charge in [0, 0.05) is 11.9 Å². The van der Waals surface area contributed by atoms with E-state index in [1.165, 1.54) is 19.3 Å². The van der Waals surface area contributed by atoms with Crippen LogP contribution in [0.3, 0.4) is 0 Å². The molecule has 0 aliphatic heterocycles. The van der Waals surface area contributed by atoms with Crippen molar-refractivity contribution in [3.05, 3.63) is 54.1 Å². The number of ether oxygens (including phenoxy) is 1. The van der Waals surface area contributed by atoms with Gasteiger partial charge in [0.15, 0.2) is 5.65 Å². The van der Waals surface area contributed by atoms with Crippen molar-refractivity contribution in [2.24, 2.45) is 5.10 Å². The number of hydrogen-bond donors (Lipinski definition) is 1. The fraction of sp³-hybridized carbons (Fsp3) is 0.385. The number of para-hydroxylation sites is 1. The molecule has 0 unspecified atom stereocenters. The molecule has 0 aliphatic carbocycles. The van der Waals surface area contributed by atoms with E-state index in [4.69, 9.17) is 9.72 Å². The minimum Gasteiger partial charge on any atom is -0.494 e. The molecule has 0 spiro atoms. The Labute approximate surface area is 194 Å². The first-order chi connectivity index (χ1) is 16.3. The van der Waals surface area contributed by atoms with Gasteiger partial charge in [0.2, 0.25) is 0 Å². The molecule has 0 radical (unpaired) electrons. The highest BCUT2D eigenvalue weighted by Crippen LogP contribution is 2.26. The highest BCUT2D eigenvalue weighted by atomic mass is 16.5. The van der Waals surface area contributed by atoms with Crippen molar-refractivity contribution in [3.8, 4) is 5.75 Å². The third-order valence-corrected chi connectivity index (χ3v) is 5.63. The number of rotatable bonds is 12. The first kappa shape index (κ1) is 22.7. The van der Waals surface area contributed by atoms with Crippen molar-refractivity contribution in [1.82, 2.24) is 19.7 Å². The van der Waals surface area contributed by atoms with E-state index in [0.717, 1.165) is 65.8 Å². The molecule has 0 amide bonds. The monoisotopic (exact) mass is 444 g/mol. The molecule has 0 saturated carbocycles. The number of nitrogens with zero attached hydrogens (tertiary/aromatic N) is 5. The normalized spacial score (nSPS) is 11.6. The maximum atomic E-state index is 5.80. The Morgan fingerprint density at radius 1 is 0.939 bits per heavy atom. The lowest BCUT2D eigenvalue weighted by Crippen LogP contribution is -2.03. The van der Waals surface area contributed by atoms with E-state index in [9.17, 15) is 0 Å². The molecule has 33 heavy (non-hydrogen) atoms. The van der Waals surface area contributed by atoms with Crippen LogP contribution in [0.5, 0.6) is 5.75 Å². The minimum absolute atomic E-state index is 0.381. The molecule has 0 atom stereocenters. The van der Waals surface area contributed by atoms with Gasteiger partial charge in [-0.2, -0.15) is 10.1 Å². The number of aromatic nitrogens is 4. The molecule has 4 rings (SSSR count). The van der Waals surface area contributed by atoms with Crippen LogP contribution in [0.1, 0.15) is 57.9 Å². The summed E-state index contributed by atoms with van der Waals surface area (Å²) >= 11 is 0. The van der Waals surface area contributed by atoms with E-state index >= 15 is 0 Å². The predicted octanol–water partition coefficient (Wildman–Crippen LogP) is 6.18. The molecule has 0 aliphatic rings. The van der Waals surface area contributed by atoms with Gasteiger partial charge < -0.3 is 9.30 Å². The number of benzene rings is 2. The fourth-order valence-electron chi connectivity index (χ4n) is 3.83. The van der Waals surface area contributed by atoms with Crippen molar-refractivity contribution < 1.29 is 4.74 Å². The second kappa shape index (κ2) is 11.4. The summed E-state index contributed by atoms with van der Waals surface area (Å²) in [6.07, 6.45) is 8.75. The number of nitrogens with one attached hydrogen (secondary N) is 1. The molecule has 2 aromatic heterocycles. The van der Waals surface area contributed by atoms with E-state index in [2.05, 4.69) is 51.3 Å². The Morgan fingerprint density at radius 3 is 2.58 bits per heavy atom. The Bertz CT molecular complexity index is 1200. The fourth-order valence-corrected chi connectivity index (χ4v) is 3.83. The van der Waals surface area contributed by atoms with Crippen LogP contribution in [0.15, 0.2) is 53.6 Å². The largest absolute Gasteiger partial charge is 0.494 e. The summed E-state index contributed by atoms with van der Waals surface area (Å²) in [6.45, 7) is 6.06. The van der Waals surface area contributed by atoms with E-state index in [-0.39, 0.29) is 0 Å². The van der Waals surface area contributed by atoms with Crippen LogP contribution >= 0.6 is 0 Å².